The first-order chi connectivity index (χ1) is 5.75. The highest BCUT2D eigenvalue weighted by Gasteiger charge is 2.14. The van der Waals surface area contributed by atoms with Gasteiger partial charge in [0.15, 0.2) is 0 Å². The van der Waals surface area contributed by atoms with E-state index in [0.717, 1.165) is 16.6 Å². The van der Waals surface area contributed by atoms with Gasteiger partial charge in [0.25, 0.3) is 0 Å². The highest BCUT2D eigenvalue weighted by molar-refractivity contribution is 9.10. The van der Waals surface area contributed by atoms with Gasteiger partial charge in [0.2, 0.25) is 0 Å². The summed E-state index contributed by atoms with van der Waals surface area (Å²) in [5.41, 5.74) is 2.33. The van der Waals surface area contributed by atoms with Crippen LogP contribution < -0.4 is 5.32 Å². The summed E-state index contributed by atoms with van der Waals surface area (Å²) < 4.78 is 1.07. The van der Waals surface area contributed by atoms with Crippen LogP contribution in [0.5, 0.6) is 0 Å². The van der Waals surface area contributed by atoms with Gasteiger partial charge in [-0.1, -0.05) is 22.0 Å². The molecule has 0 radical (unpaired) electrons. The molecule has 64 valence electrons. The molecule has 0 bridgehead atoms. The number of halogens is 1. The first-order valence-electron chi connectivity index (χ1n) is 3.96. The van der Waals surface area contributed by atoms with Crippen LogP contribution in [0, 0.1) is 0 Å². The number of β-amino-alcohol motifs (C(OH)–C–C–N with tert-alkyl or cyclic N) is 1. The third kappa shape index (κ3) is 1.47. The Labute approximate surface area is 79.7 Å². The number of fused-ring (bicyclic) bond motifs is 1. The molecule has 2 N–H and O–H groups in total. The minimum atomic E-state index is -0.237. The van der Waals surface area contributed by atoms with Crippen LogP contribution in [0.3, 0.4) is 0 Å². The normalized spacial score (nSPS) is 21.3. The molecule has 0 spiro atoms. The number of hydrogen-bond donors (Lipinski definition) is 2. The Morgan fingerprint density at radius 1 is 1.50 bits per heavy atom. The van der Waals surface area contributed by atoms with Crippen molar-refractivity contribution in [1.82, 2.24) is 0 Å². The molecule has 1 heterocycles. The summed E-state index contributed by atoms with van der Waals surface area (Å²) in [6.07, 6.45) is 0.522. The molecular weight excluding hydrogens is 218 g/mol. The second-order valence-electron chi connectivity index (χ2n) is 3.04. The van der Waals surface area contributed by atoms with E-state index in [1.54, 1.807) is 0 Å². The predicted molar refractivity (Wildman–Crippen MR) is 52.3 cm³/mol. The molecule has 1 atom stereocenters. The molecule has 1 unspecified atom stereocenters. The van der Waals surface area contributed by atoms with Gasteiger partial charge >= 0.3 is 0 Å². The second kappa shape index (κ2) is 3.07. The number of aliphatic hydroxyl groups is 1. The third-order valence-corrected chi connectivity index (χ3v) is 2.55. The van der Waals surface area contributed by atoms with Gasteiger partial charge in [-0.25, -0.2) is 0 Å². The van der Waals surface area contributed by atoms with Gasteiger partial charge in [0.1, 0.15) is 0 Å². The van der Waals surface area contributed by atoms with E-state index < -0.39 is 0 Å². The van der Waals surface area contributed by atoms with Crippen molar-refractivity contribution in [2.75, 3.05) is 11.9 Å². The lowest BCUT2D eigenvalue weighted by atomic mass is 10.0. The Bertz CT molecular complexity index is 301. The number of anilines is 1. The van der Waals surface area contributed by atoms with E-state index in [9.17, 15) is 5.11 Å². The van der Waals surface area contributed by atoms with Crippen molar-refractivity contribution in [1.29, 1.82) is 0 Å². The van der Waals surface area contributed by atoms with Crippen LogP contribution in [-0.2, 0) is 6.42 Å². The van der Waals surface area contributed by atoms with E-state index in [2.05, 4.69) is 21.2 Å². The Hall–Kier alpha value is -0.540. The summed E-state index contributed by atoms with van der Waals surface area (Å²) in [4.78, 5) is 0. The Balaban J connectivity index is 2.37. The van der Waals surface area contributed by atoms with Crippen molar-refractivity contribution in [3.63, 3.8) is 0 Å². The summed E-state index contributed by atoms with van der Waals surface area (Å²) >= 11 is 3.40. The maximum Gasteiger partial charge on any atom is 0.0753 e. The molecule has 1 aromatic carbocycles. The standard InChI is InChI=1S/C9H10BrNO/c10-7-2-1-6-3-8(12)5-11-9(6)4-7/h1-2,4,8,11-12H,3,5H2. The highest BCUT2D eigenvalue weighted by Crippen LogP contribution is 2.25. The molecule has 0 saturated heterocycles. The Morgan fingerprint density at radius 2 is 2.33 bits per heavy atom. The SMILES string of the molecule is OC1CNc2cc(Br)ccc2C1. The summed E-state index contributed by atoms with van der Waals surface area (Å²) in [5, 5.41) is 12.5. The van der Waals surface area contributed by atoms with Crippen molar-refractivity contribution in [2.45, 2.75) is 12.5 Å². The first-order valence-corrected chi connectivity index (χ1v) is 4.75. The Morgan fingerprint density at radius 3 is 3.17 bits per heavy atom. The van der Waals surface area contributed by atoms with Crippen molar-refractivity contribution >= 4 is 21.6 Å². The molecule has 0 aromatic heterocycles. The quantitative estimate of drug-likeness (QED) is 0.709. The molecule has 1 aliphatic rings. The largest absolute Gasteiger partial charge is 0.391 e. The number of rotatable bonds is 0. The van der Waals surface area contributed by atoms with E-state index in [1.165, 1.54) is 5.56 Å². The maximum atomic E-state index is 9.35. The number of aliphatic hydroxyl groups excluding tert-OH is 1. The number of benzene rings is 1. The molecule has 1 aromatic rings. The molecule has 0 fully saturated rings. The fourth-order valence-corrected chi connectivity index (χ4v) is 1.81. The summed E-state index contributed by atoms with van der Waals surface area (Å²) in [6.45, 7) is 0.656. The fraction of sp³-hybridized carbons (Fsp3) is 0.333. The van der Waals surface area contributed by atoms with Gasteiger partial charge in [0.05, 0.1) is 6.10 Å². The molecule has 3 heteroatoms. The van der Waals surface area contributed by atoms with Gasteiger partial charge in [-0.05, 0) is 17.7 Å². The van der Waals surface area contributed by atoms with Crippen LogP contribution in [0.2, 0.25) is 0 Å². The zero-order valence-electron chi connectivity index (χ0n) is 6.55. The fourth-order valence-electron chi connectivity index (χ4n) is 1.45. The molecule has 12 heavy (non-hydrogen) atoms. The lowest BCUT2D eigenvalue weighted by molar-refractivity contribution is 0.184. The van der Waals surface area contributed by atoms with Crippen molar-refractivity contribution in [3.8, 4) is 0 Å². The van der Waals surface area contributed by atoms with E-state index in [4.69, 9.17) is 0 Å². The van der Waals surface area contributed by atoms with Gasteiger partial charge < -0.3 is 10.4 Å². The minimum Gasteiger partial charge on any atom is -0.391 e. The van der Waals surface area contributed by atoms with Crippen LogP contribution in [0.15, 0.2) is 22.7 Å². The third-order valence-electron chi connectivity index (χ3n) is 2.06. The zero-order chi connectivity index (χ0) is 8.55. The topological polar surface area (TPSA) is 32.3 Å². The molecule has 1 aliphatic heterocycles. The summed E-state index contributed by atoms with van der Waals surface area (Å²) in [7, 11) is 0. The highest BCUT2D eigenvalue weighted by atomic mass is 79.9. The molecule has 2 rings (SSSR count). The lowest BCUT2D eigenvalue weighted by Crippen LogP contribution is -2.27. The average Bonchev–Trinajstić information content (AvgIpc) is 2.05. The zero-order valence-corrected chi connectivity index (χ0v) is 8.13. The summed E-state index contributed by atoms with van der Waals surface area (Å²) in [6, 6.07) is 6.08. The van der Waals surface area contributed by atoms with Crippen molar-refractivity contribution < 1.29 is 5.11 Å². The van der Waals surface area contributed by atoms with Crippen LogP contribution in [0.4, 0.5) is 5.69 Å². The van der Waals surface area contributed by atoms with Crippen LogP contribution in [0.25, 0.3) is 0 Å². The lowest BCUT2D eigenvalue weighted by Gasteiger charge is -2.22. The van der Waals surface area contributed by atoms with E-state index >= 15 is 0 Å². The van der Waals surface area contributed by atoms with Gasteiger partial charge in [-0.2, -0.15) is 0 Å². The molecule has 0 aliphatic carbocycles. The second-order valence-corrected chi connectivity index (χ2v) is 3.96. The first kappa shape index (κ1) is 8.08. The van der Waals surface area contributed by atoms with Gasteiger partial charge in [-0.3, -0.25) is 0 Å². The summed E-state index contributed by atoms with van der Waals surface area (Å²) in [5.74, 6) is 0. The molecular formula is C9H10BrNO. The monoisotopic (exact) mass is 227 g/mol. The van der Waals surface area contributed by atoms with Crippen molar-refractivity contribution in [3.05, 3.63) is 28.2 Å². The van der Waals surface area contributed by atoms with Gasteiger partial charge in [0, 0.05) is 23.1 Å². The van der Waals surface area contributed by atoms with Crippen LogP contribution in [-0.4, -0.2) is 17.8 Å². The minimum absolute atomic E-state index is 0.237. The molecule has 0 amide bonds. The number of nitrogens with one attached hydrogen (secondary N) is 1. The van der Waals surface area contributed by atoms with Gasteiger partial charge in [-0.15, -0.1) is 0 Å². The van der Waals surface area contributed by atoms with E-state index in [-0.39, 0.29) is 6.10 Å². The van der Waals surface area contributed by atoms with E-state index in [0.29, 0.717) is 6.54 Å². The molecule has 0 saturated carbocycles. The van der Waals surface area contributed by atoms with E-state index in [1.807, 2.05) is 18.2 Å². The number of hydrogen-bond acceptors (Lipinski definition) is 2. The van der Waals surface area contributed by atoms with Crippen LogP contribution >= 0.6 is 15.9 Å². The Kier molecular flexibility index (Phi) is 2.07. The predicted octanol–water partition coefficient (Wildman–Crippen LogP) is 1.78. The van der Waals surface area contributed by atoms with Crippen LogP contribution in [0.1, 0.15) is 5.56 Å². The smallest absolute Gasteiger partial charge is 0.0753 e. The van der Waals surface area contributed by atoms with Crippen molar-refractivity contribution in [2.24, 2.45) is 0 Å². The molecule has 2 nitrogen and oxygen atoms in total. The maximum absolute atomic E-state index is 9.35. The average molecular weight is 228 g/mol.